The van der Waals surface area contributed by atoms with Gasteiger partial charge < -0.3 is 14.2 Å². The second-order valence-corrected chi connectivity index (χ2v) is 6.80. The zero-order chi connectivity index (χ0) is 18.4. The lowest BCUT2D eigenvalue weighted by Crippen LogP contribution is -2.45. The zero-order valence-electron chi connectivity index (χ0n) is 15.6. The van der Waals surface area contributed by atoms with Crippen molar-refractivity contribution >= 4 is 5.91 Å². The summed E-state index contributed by atoms with van der Waals surface area (Å²) in [5, 5.41) is 3.98. The molecule has 2 heterocycles. The van der Waals surface area contributed by atoms with E-state index in [0.717, 1.165) is 19.4 Å². The molecule has 0 spiro atoms. The monoisotopic (exact) mass is 357 g/mol. The Labute approximate surface area is 154 Å². The van der Waals surface area contributed by atoms with Crippen molar-refractivity contribution in [3.63, 3.8) is 0 Å². The third-order valence-electron chi connectivity index (χ3n) is 4.71. The van der Waals surface area contributed by atoms with E-state index in [1.807, 2.05) is 13.1 Å². The minimum Gasteiger partial charge on any atom is -0.375 e. The number of nitrogens with zero attached hydrogens (tertiary/aromatic N) is 3. The van der Waals surface area contributed by atoms with Gasteiger partial charge in [0.15, 0.2) is 11.5 Å². The number of morpholine rings is 1. The summed E-state index contributed by atoms with van der Waals surface area (Å²) in [6.45, 7) is 5.42. The molecule has 1 aromatic heterocycles. The van der Waals surface area contributed by atoms with Gasteiger partial charge in [-0.2, -0.15) is 0 Å². The van der Waals surface area contributed by atoms with Crippen molar-refractivity contribution in [1.82, 2.24) is 15.0 Å². The number of amides is 1. The van der Waals surface area contributed by atoms with Crippen LogP contribution in [0.3, 0.4) is 0 Å². The average Bonchev–Trinajstić information content (AvgIpc) is 3.15. The van der Waals surface area contributed by atoms with E-state index in [1.165, 1.54) is 5.56 Å². The van der Waals surface area contributed by atoms with Crippen LogP contribution in [0.4, 0.5) is 0 Å². The molecule has 1 aromatic carbocycles. The Balaban J connectivity index is 1.51. The van der Waals surface area contributed by atoms with Crippen molar-refractivity contribution in [2.24, 2.45) is 0 Å². The molecule has 6 nitrogen and oxygen atoms in total. The smallest absolute Gasteiger partial charge is 0.276 e. The van der Waals surface area contributed by atoms with Crippen LogP contribution < -0.4 is 0 Å². The second kappa shape index (κ2) is 8.96. The van der Waals surface area contributed by atoms with Gasteiger partial charge in [0.05, 0.1) is 19.3 Å². The fraction of sp³-hybridized carbons (Fsp3) is 0.500. The first-order valence-corrected chi connectivity index (χ1v) is 9.24. The predicted molar refractivity (Wildman–Crippen MR) is 98.9 cm³/mol. The molecule has 1 aliphatic heterocycles. The quantitative estimate of drug-likeness (QED) is 0.762. The molecule has 0 bridgehead atoms. The van der Waals surface area contributed by atoms with E-state index in [2.05, 4.69) is 41.2 Å². The van der Waals surface area contributed by atoms with E-state index in [9.17, 15) is 4.79 Å². The van der Waals surface area contributed by atoms with Crippen molar-refractivity contribution in [2.75, 3.05) is 33.3 Å². The van der Waals surface area contributed by atoms with Crippen molar-refractivity contribution < 1.29 is 14.1 Å². The molecule has 26 heavy (non-hydrogen) atoms. The molecule has 0 radical (unpaired) electrons. The van der Waals surface area contributed by atoms with Crippen LogP contribution in [0, 0.1) is 0 Å². The summed E-state index contributed by atoms with van der Waals surface area (Å²) >= 11 is 0. The third kappa shape index (κ3) is 4.93. The number of rotatable bonds is 7. The van der Waals surface area contributed by atoms with Gasteiger partial charge in [0.1, 0.15) is 0 Å². The molecule has 3 rings (SSSR count). The number of likely N-dealkylation sites (N-methyl/N-ethyl adjacent to an activating group) is 1. The molecule has 1 fully saturated rings. The molecule has 1 amide bonds. The Morgan fingerprint density at radius 1 is 1.35 bits per heavy atom. The molecule has 140 valence electrons. The minimum absolute atomic E-state index is 0.0753. The van der Waals surface area contributed by atoms with Crippen LogP contribution in [0.5, 0.6) is 0 Å². The Hall–Kier alpha value is -2.18. The van der Waals surface area contributed by atoms with Crippen LogP contribution in [0.2, 0.25) is 0 Å². The highest BCUT2D eigenvalue weighted by Crippen LogP contribution is 2.14. The zero-order valence-corrected chi connectivity index (χ0v) is 15.6. The van der Waals surface area contributed by atoms with E-state index in [-0.39, 0.29) is 12.0 Å². The molecule has 0 N–H and O–H groups in total. The summed E-state index contributed by atoms with van der Waals surface area (Å²) in [6, 6.07) is 12.2. The topological polar surface area (TPSA) is 58.8 Å². The first-order chi connectivity index (χ1) is 12.7. The highest BCUT2D eigenvalue weighted by Gasteiger charge is 2.26. The van der Waals surface area contributed by atoms with Crippen LogP contribution in [0.1, 0.15) is 35.2 Å². The van der Waals surface area contributed by atoms with Gasteiger partial charge in [0.25, 0.3) is 5.91 Å². The number of hydrogen-bond donors (Lipinski definition) is 0. The van der Waals surface area contributed by atoms with Crippen LogP contribution in [-0.4, -0.2) is 60.3 Å². The molecular weight excluding hydrogens is 330 g/mol. The first kappa shape index (κ1) is 18.6. The van der Waals surface area contributed by atoms with Gasteiger partial charge in [-0.25, -0.2) is 0 Å². The van der Waals surface area contributed by atoms with Gasteiger partial charge in [0.2, 0.25) is 0 Å². The molecular formula is C20H27N3O3. The Bertz CT molecular complexity index is 701. The molecule has 0 aliphatic carbocycles. The number of aromatic nitrogens is 1. The molecule has 6 heteroatoms. The Morgan fingerprint density at radius 3 is 2.92 bits per heavy atom. The lowest BCUT2D eigenvalue weighted by Gasteiger charge is -2.31. The number of benzene rings is 1. The van der Waals surface area contributed by atoms with Gasteiger partial charge >= 0.3 is 0 Å². The van der Waals surface area contributed by atoms with Gasteiger partial charge in [-0.1, -0.05) is 42.4 Å². The van der Waals surface area contributed by atoms with E-state index in [1.54, 1.807) is 11.0 Å². The Kier molecular flexibility index (Phi) is 6.41. The summed E-state index contributed by atoms with van der Waals surface area (Å²) < 4.78 is 11.0. The van der Waals surface area contributed by atoms with Crippen molar-refractivity contribution in [1.29, 1.82) is 0 Å². The summed E-state index contributed by atoms with van der Waals surface area (Å²) in [4.78, 5) is 16.6. The molecule has 0 saturated carbocycles. The number of carbonyl (C=O) groups is 1. The van der Waals surface area contributed by atoms with Crippen molar-refractivity contribution in [3.8, 4) is 0 Å². The molecule has 1 atom stereocenters. The van der Waals surface area contributed by atoms with Gasteiger partial charge in [0, 0.05) is 25.7 Å². The van der Waals surface area contributed by atoms with Gasteiger partial charge in [-0.15, -0.1) is 0 Å². The minimum atomic E-state index is -0.0753. The summed E-state index contributed by atoms with van der Waals surface area (Å²) in [6.07, 6.45) is 1.99. The normalized spacial score (nSPS) is 17.7. The maximum Gasteiger partial charge on any atom is 0.276 e. The standard InChI is InChI=1S/C20H27N3O3/c1-3-17-15-23(11-12-25-17)20(24)19-13-18(26-21-19)14-22(2)10-9-16-7-5-4-6-8-16/h4-8,13,17H,3,9-12,14-15H2,1-2H3/t17-/m1/s1. The average molecular weight is 357 g/mol. The summed E-state index contributed by atoms with van der Waals surface area (Å²) in [7, 11) is 2.04. The van der Waals surface area contributed by atoms with Crippen LogP contribution in [0.15, 0.2) is 40.9 Å². The molecule has 1 aliphatic rings. The van der Waals surface area contributed by atoms with E-state index in [4.69, 9.17) is 9.26 Å². The van der Waals surface area contributed by atoms with Gasteiger partial charge in [-0.05, 0) is 25.5 Å². The Morgan fingerprint density at radius 2 is 2.15 bits per heavy atom. The highest BCUT2D eigenvalue weighted by atomic mass is 16.5. The highest BCUT2D eigenvalue weighted by molar-refractivity contribution is 5.92. The fourth-order valence-electron chi connectivity index (χ4n) is 3.11. The maximum atomic E-state index is 12.6. The third-order valence-corrected chi connectivity index (χ3v) is 4.71. The van der Waals surface area contributed by atoms with E-state index < -0.39 is 0 Å². The van der Waals surface area contributed by atoms with Crippen molar-refractivity contribution in [3.05, 3.63) is 53.4 Å². The molecule has 1 saturated heterocycles. The predicted octanol–water partition coefficient (Wildman–Crippen LogP) is 2.60. The van der Waals surface area contributed by atoms with E-state index in [0.29, 0.717) is 37.7 Å². The first-order valence-electron chi connectivity index (χ1n) is 9.24. The lowest BCUT2D eigenvalue weighted by atomic mass is 10.1. The number of hydrogen-bond acceptors (Lipinski definition) is 5. The van der Waals surface area contributed by atoms with Crippen LogP contribution >= 0.6 is 0 Å². The SMILES string of the molecule is CC[C@@H]1CN(C(=O)c2cc(CN(C)CCc3ccccc3)on2)CCO1. The number of ether oxygens (including phenoxy) is 1. The van der Waals surface area contributed by atoms with Crippen molar-refractivity contribution in [2.45, 2.75) is 32.4 Å². The largest absolute Gasteiger partial charge is 0.375 e. The number of carbonyl (C=O) groups excluding carboxylic acids is 1. The van der Waals surface area contributed by atoms with Crippen LogP contribution in [-0.2, 0) is 17.7 Å². The summed E-state index contributed by atoms with van der Waals surface area (Å²) in [5.74, 6) is 0.637. The summed E-state index contributed by atoms with van der Waals surface area (Å²) in [5.41, 5.74) is 1.69. The molecule has 2 aromatic rings. The second-order valence-electron chi connectivity index (χ2n) is 6.80. The fourth-order valence-corrected chi connectivity index (χ4v) is 3.11. The lowest BCUT2D eigenvalue weighted by molar-refractivity contribution is -0.0229. The molecule has 0 unspecified atom stereocenters. The van der Waals surface area contributed by atoms with E-state index >= 15 is 0 Å². The van der Waals surface area contributed by atoms with Gasteiger partial charge in [-0.3, -0.25) is 9.69 Å². The van der Waals surface area contributed by atoms with Crippen LogP contribution in [0.25, 0.3) is 0 Å². The maximum absolute atomic E-state index is 12.6.